The topological polar surface area (TPSA) is 80.1 Å². The van der Waals surface area contributed by atoms with Crippen LogP contribution >= 0.6 is 0 Å². The number of aromatic nitrogens is 2. The molecule has 0 amide bonds. The fourth-order valence-corrected chi connectivity index (χ4v) is 1.63. The van der Waals surface area contributed by atoms with Gasteiger partial charge in [0.25, 0.3) is 0 Å². The second kappa shape index (κ2) is 6.38. The molecule has 0 bridgehead atoms. The molecule has 0 aliphatic carbocycles. The van der Waals surface area contributed by atoms with Crippen LogP contribution < -0.4 is 14.8 Å². The third-order valence-electron chi connectivity index (χ3n) is 2.51. The minimum absolute atomic E-state index is 0.278. The maximum absolute atomic E-state index is 8.66. The van der Waals surface area contributed by atoms with Crippen molar-refractivity contribution in [2.24, 2.45) is 0 Å². The van der Waals surface area contributed by atoms with Crippen LogP contribution in [0.3, 0.4) is 0 Å². The number of nitrogens with zero attached hydrogens (tertiary/aromatic N) is 3. The van der Waals surface area contributed by atoms with Crippen LogP contribution in [-0.2, 0) is 0 Å². The summed E-state index contributed by atoms with van der Waals surface area (Å²) in [5.41, 5.74) is 1.07. The molecule has 6 heteroatoms. The molecule has 1 aromatic heterocycles. The summed E-state index contributed by atoms with van der Waals surface area (Å²) in [5.74, 6) is 1.88. The maximum atomic E-state index is 8.66. The van der Waals surface area contributed by atoms with Crippen LogP contribution in [0.25, 0.3) is 0 Å². The highest BCUT2D eigenvalue weighted by Gasteiger charge is 2.06. The van der Waals surface area contributed by atoms with Crippen molar-refractivity contribution in [1.82, 2.24) is 10.2 Å². The van der Waals surface area contributed by atoms with Crippen molar-refractivity contribution in [1.29, 1.82) is 5.26 Å². The van der Waals surface area contributed by atoms with E-state index in [1.54, 1.807) is 19.2 Å². The molecule has 0 saturated heterocycles. The summed E-state index contributed by atoms with van der Waals surface area (Å²) in [5, 5.41) is 19.4. The van der Waals surface area contributed by atoms with E-state index in [0.717, 1.165) is 5.69 Å². The molecule has 0 unspecified atom stereocenters. The summed E-state index contributed by atoms with van der Waals surface area (Å²) >= 11 is 0. The zero-order valence-electron chi connectivity index (χ0n) is 11.3. The Labute approximate surface area is 117 Å². The van der Waals surface area contributed by atoms with Gasteiger partial charge in [0.05, 0.1) is 13.7 Å². The van der Waals surface area contributed by atoms with Gasteiger partial charge >= 0.3 is 0 Å². The predicted molar refractivity (Wildman–Crippen MR) is 74.2 cm³/mol. The van der Waals surface area contributed by atoms with Crippen molar-refractivity contribution in [3.05, 3.63) is 36.0 Å². The Balaban J connectivity index is 2.18. The van der Waals surface area contributed by atoms with Gasteiger partial charge in [-0.2, -0.15) is 5.26 Å². The summed E-state index contributed by atoms with van der Waals surface area (Å²) in [6.45, 7) is 2.49. The summed E-state index contributed by atoms with van der Waals surface area (Å²) < 4.78 is 10.7. The minimum Gasteiger partial charge on any atom is -0.493 e. The van der Waals surface area contributed by atoms with Gasteiger partial charge in [-0.1, -0.05) is 0 Å². The van der Waals surface area contributed by atoms with Crippen molar-refractivity contribution in [2.45, 2.75) is 6.92 Å². The molecular weight excluding hydrogens is 256 g/mol. The van der Waals surface area contributed by atoms with Crippen molar-refractivity contribution in [3.63, 3.8) is 0 Å². The Hall–Kier alpha value is -2.81. The fraction of sp³-hybridized carbons (Fsp3) is 0.214. The van der Waals surface area contributed by atoms with Gasteiger partial charge in [0.2, 0.25) is 0 Å². The first-order chi connectivity index (χ1) is 9.76. The number of anilines is 2. The van der Waals surface area contributed by atoms with Crippen LogP contribution in [-0.4, -0.2) is 23.9 Å². The summed E-state index contributed by atoms with van der Waals surface area (Å²) in [6.07, 6.45) is 0. The second-order valence-corrected chi connectivity index (χ2v) is 3.84. The normalized spacial score (nSPS) is 9.65. The third kappa shape index (κ3) is 3.14. The van der Waals surface area contributed by atoms with Crippen molar-refractivity contribution < 1.29 is 9.47 Å². The van der Waals surface area contributed by atoms with E-state index in [-0.39, 0.29) is 5.69 Å². The Morgan fingerprint density at radius 2 is 2.05 bits per heavy atom. The highest BCUT2D eigenvalue weighted by molar-refractivity contribution is 5.61. The van der Waals surface area contributed by atoms with Gasteiger partial charge in [0.15, 0.2) is 23.0 Å². The largest absolute Gasteiger partial charge is 0.493 e. The Morgan fingerprint density at radius 1 is 1.20 bits per heavy atom. The van der Waals surface area contributed by atoms with Gasteiger partial charge in [-0.3, -0.25) is 0 Å². The van der Waals surface area contributed by atoms with Gasteiger partial charge in [-0.15, -0.1) is 10.2 Å². The van der Waals surface area contributed by atoms with Crippen LogP contribution in [0.4, 0.5) is 11.5 Å². The molecule has 0 radical (unpaired) electrons. The number of rotatable bonds is 5. The zero-order valence-corrected chi connectivity index (χ0v) is 11.3. The molecule has 1 aromatic carbocycles. The molecule has 1 N–H and O–H groups in total. The van der Waals surface area contributed by atoms with E-state index in [2.05, 4.69) is 15.5 Å². The zero-order chi connectivity index (χ0) is 14.4. The maximum Gasteiger partial charge on any atom is 0.163 e. The van der Waals surface area contributed by atoms with E-state index < -0.39 is 0 Å². The molecule has 20 heavy (non-hydrogen) atoms. The van der Waals surface area contributed by atoms with Crippen LogP contribution in [0, 0.1) is 11.3 Å². The summed E-state index contributed by atoms with van der Waals surface area (Å²) in [4.78, 5) is 0. The quantitative estimate of drug-likeness (QED) is 0.899. The van der Waals surface area contributed by atoms with Crippen LogP contribution in [0.1, 0.15) is 12.6 Å². The highest BCUT2D eigenvalue weighted by Crippen LogP contribution is 2.31. The van der Waals surface area contributed by atoms with E-state index in [9.17, 15) is 0 Å². The number of nitriles is 1. The monoisotopic (exact) mass is 270 g/mol. The number of benzene rings is 1. The fourth-order valence-electron chi connectivity index (χ4n) is 1.63. The van der Waals surface area contributed by atoms with Crippen molar-refractivity contribution >= 4 is 11.5 Å². The molecule has 6 nitrogen and oxygen atoms in total. The number of hydrogen-bond donors (Lipinski definition) is 1. The summed E-state index contributed by atoms with van der Waals surface area (Å²) in [7, 11) is 1.59. The molecular formula is C14H14N4O2. The lowest BCUT2D eigenvalue weighted by atomic mass is 10.2. The van der Waals surface area contributed by atoms with Crippen LogP contribution in [0.2, 0.25) is 0 Å². The smallest absolute Gasteiger partial charge is 0.163 e. The van der Waals surface area contributed by atoms with E-state index in [1.807, 2.05) is 31.2 Å². The van der Waals surface area contributed by atoms with Crippen molar-refractivity contribution in [2.75, 3.05) is 19.0 Å². The molecule has 0 atom stereocenters. The Morgan fingerprint density at radius 3 is 2.65 bits per heavy atom. The lowest BCUT2D eigenvalue weighted by Gasteiger charge is -2.11. The molecule has 0 spiro atoms. The van der Waals surface area contributed by atoms with Gasteiger partial charge in [-0.25, -0.2) is 0 Å². The van der Waals surface area contributed by atoms with E-state index in [4.69, 9.17) is 14.7 Å². The number of hydrogen-bond acceptors (Lipinski definition) is 6. The van der Waals surface area contributed by atoms with Gasteiger partial charge in [-0.05, 0) is 31.2 Å². The Bertz CT molecular complexity index is 620. The lowest BCUT2D eigenvalue weighted by Crippen LogP contribution is -1.99. The van der Waals surface area contributed by atoms with E-state index in [0.29, 0.717) is 23.9 Å². The van der Waals surface area contributed by atoms with Gasteiger partial charge in [0.1, 0.15) is 6.07 Å². The summed E-state index contributed by atoms with van der Waals surface area (Å²) in [6, 6.07) is 10.7. The average Bonchev–Trinajstić information content (AvgIpc) is 2.50. The second-order valence-electron chi connectivity index (χ2n) is 3.84. The molecule has 0 fully saturated rings. The van der Waals surface area contributed by atoms with Crippen LogP contribution in [0.15, 0.2) is 30.3 Å². The van der Waals surface area contributed by atoms with E-state index >= 15 is 0 Å². The first-order valence-corrected chi connectivity index (χ1v) is 6.08. The van der Waals surface area contributed by atoms with Crippen molar-refractivity contribution in [3.8, 4) is 17.6 Å². The molecule has 0 aliphatic rings. The predicted octanol–water partition coefficient (Wildman–Crippen LogP) is 2.50. The van der Waals surface area contributed by atoms with E-state index in [1.165, 1.54) is 0 Å². The Kier molecular flexibility index (Phi) is 4.35. The number of nitrogens with one attached hydrogen (secondary N) is 1. The number of ether oxygens (including phenoxy) is 2. The van der Waals surface area contributed by atoms with Gasteiger partial charge < -0.3 is 14.8 Å². The van der Waals surface area contributed by atoms with Gasteiger partial charge in [0, 0.05) is 11.8 Å². The van der Waals surface area contributed by atoms with Crippen LogP contribution in [0.5, 0.6) is 11.5 Å². The molecule has 2 rings (SSSR count). The molecule has 0 saturated carbocycles. The molecule has 1 heterocycles. The highest BCUT2D eigenvalue weighted by atomic mass is 16.5. The lowest BCUT2D eigenvalue weighted by molar-refractivity contribution is 0.311. The first-order valence-electron chi connectivity index (χ1n) is 6.08. The first kappa shape index (κ1) is 13.6. The number of methoxy groups -OCH3 is 1. The molecule has 102 valence electrons. The SMILES string of the molecule is CCOc1ccc(Nc2ccc(C#N)nn2)cc1OC. The molecule has 2 aromatic rings. The standard InChI is InChI=1S/C14H14N4O2/c1-3-20-12-6-4-10(8-13(12)19-2)16-14-7-5-11(9-15)17-18-14/h4-8H,3H2,1-2H3,(H,16,18). The third-order valence-corrected chi connectivity index (χ3v) is 2.51. The molecule has 0 aliphatic heterocycles. The minimum atomic E-state index is 0.278. The average molecular weight is 270 g/mol.